The number of unbranched alkanes of at least 4 members (excludes halogenated alkanes) is 4. The highest BCUT2D eigenvalue weighted by atomic mass is 32.1. The van der Waals surface area contributed by atoms with Crippen molar-refractivity contribution < 1.29 is 4.79 Å². The van der Waals surface area contributed by atoms with E-state index < -0.39 is 0 Å². The van der Waals surface area contributed by atoms with E-state index in [4.69, 9.17) is 0 Å². The van der Waals surface area contributed by atoms with E-state index in [2.05, 4.69) is 19.6 Å². The summed E-state index contributed by atoms with van der Waals surface area (Å²) in [6.45, 7) is 2.20. The van der Waals surface area contributed by atoms with Crippen LogP contribution in [0, 0.1) is 5.75 Å². The topological polar surface area (TPSA) is 17.1 Å². The first kappa shape index (κ1) is 13.0. The Labute approximate surface area is 87.7 Å². The molecule has 0 unspecified atom stereocenters. The van der Waals surface area contributed by atoms with E-state index in [1.165, 1.54) is 25.7 Å². The van der Waals surface area contributed by atoms with E-state index in [9.17, 15) is 4.79 Å². The number of hydrogen-bond acceptors (Lipinski definition) is 2. The molecule has 0 heterocycles. The quantitative estimate of drug-likeness (QED) is 0.443. The number of rotatable bonds is 9. The van der Waals surface area contributed by atoms with Crippen molar-refractivity contribution in [3.8, 4) is 0 Å². The van der Waals surface area contributed by atoms with Gasteiger partial charge in [0.25, 0.3) is 0 Å². The van der Waals surface area contributed by atoms with Crippen LogP contribution in [0.5, 0.6) is 0 Å². The van der Waals surface area contributed by atoms with Gasteiger partial charge in [-0.25, -0.2) is 0 Å². The minimum atomic E-state index is 0.391. The maximum Gasteiger partial charge on any atom is 0.132 e. The van der Waals surface area contributed by atoms with Crippen LogP contribution in [0.15, 0.2) is 0 Å². The maximum absolute atomic E-state index is 11.2. The first-order valence-electron chi connectivity index (χ1n) is 5.28. The zero-order valence-corrected chi connectivity index (χ0v) is 9.48. The molecule has 1 radical (unpaired) electrons. The Hall–Kier alpha value is 0.0200. The third kappa shape index (κ3) is 9.94. The van der Waals surface area contributed by atoms with Gasteiger partial charge < -0.3 is 0 Å². The molecule has 0 aliphatic carbocycles. The normalized spacial score (nSPS) is 10.3. The lowest BCUT2D eigenvalue weighted by atomic mass is 10.1. The molecule has 0 atom stereocenters. The molecule has 0 saturated heterocycles. The zero-order chi connectivity index (χ0) is 9.94. The molecule has 0 amide bonds. The summed E-state index contributed by atoms with van der Waals surface area (Å²) in [5.41, 5.74) is 0. The molecule has 0 bridgehead atoms. The Morgan fingerprint density at radius 2 is 1.85 bits per heavy atom. The Balaban J connectivity index is 3.08. The second-order valence-corrected chi connectivity index (χ2v) is 3.79. The summed E-state index contributed by atoms with van der Waals surface area (Å²) in [7, 11) is 0. The second kappa shape index (κ2) is 10.1. The standard InChI is InChI=1S/C11H21OS/c1-2-3-4-5-6-8-11(12)9-7-10-13/h10,13H,2-9H2,1H3. The molecular formula is C11H21OS. The van der Waals surface area contributed by atoms with Crippen LogP contribution in [-0.4, -0.2) is 5.78 Å². The van der Waals surface area contributed by atoms with Gasteiger partial charge in [0.15, 0.2) is 0 Å². The van der Waals surface area contributed by atoms with Gasteiger partial charge in [-0.3, -0.25) is 4.79 Å². The first-order valence-corrected chi connectivity index (χ1v) is 5.80. The zero-order valence-electron chi connectivity index (χ0n) is 8.59. The molecule has 2 heteroatoms. The number of hydrogen-bond donors (Lipinski definition) is 1. The largest absolute Gasteiger partial charge is 0.300 e. The van der Waals surface area contributed by atoms with Gasteiger partial charge in [0, 0.05) is 18.6 Å². The summed E-state index contributed by atoms with van der Waals surface area (Å²) >= 11 is 3.96. The van der Waals surface area contributed by atoms with Crippen molar-refractivity contribution in [3.63, 3.8) is 0 Å². The lowest BCUT2D eigenvalue weighted by molar-refractivity contribution is -0.119. The molecule has 0 N–H and O–H groups in total. The minimum absolute atomic E-state index is 0.391. The molecule has 0 aromatic rings. The van der Waals surface area contributed by atoms with Crippen molar-refractivity contribution in [2.24, 2.45) is 0 Å². The molecule has 0 aromatic carbocycles. The van der Waals surface area contributed by atoms with Crippen molar-refractivity contribution in [2.75, 3.05) is 0 Å². The van der Waals surface area contributed by atoms with Gasteiger partial charge in [-0.1, -0.05) is 32.6 Å². The van der Waals surface area contributed by atoms with Crippen molar-refractivity contribution in [1.29, 1.82) is 0 Å². The van der Waals surface area contributed by atoms with Gasteiger partial charge in [-0.2, -0.15) is 12.6 Å². The predicted molar refractivity (Wildman–Crippen MR) is 60.9 cm³/mol. The molecular weight excluding hydrogens is 180 g/mol. The van der Waals surface area contributed by atoms with E-state index in [0.717, 1.165) is 19.3 Å². The van der Waals surface area contributed by atoms with Crippen LogP contribution in [0.1, 0.15) is 58.3 Å². The Kier molecular flexibility index (Phi) is 10.1. The van der Waals surface area contributed by atoms with Crippen LogP contribution in [0.4, 0.5) is 0 Å². The average molecular weight is 201 g/mol. The third-order valence-electron chi connectivity index (χ3n) is 2.11. The van der Waals surface area contributed by atoms with E-state index in [1.54, 1.807) is 5.75 Å². The van der Waals surface area contributed by atoms with Crippen molar-refractivity contribution in [3.05, 3.63) is 5.75 Å². The van der Waals surface area contributed by atoms with Crippen molar-refractivity contribution >= 4 is 18.4 Å². The Morgan fingerprint density at radius 3 is 2.46 bits per heavy atom. The summed E-state index contributed by atoms with van der Waals surface area (Å²) in [6, 6.07) is 0. The fraction of sp³-hybridized carbons (Fsp3) is 0.818. The van der Waals surface area contributed by atoms with E-state index in [-0.39, 0.29) is 0 Å². The minimum Gasteiger partial charge on any atom is -0.300 e. The van der Waals surface area contributed by atoms with E-state index >= 15 is 0 Å². The maximum atomic E-state index is 11.2. The number of ketones is 1. The van der Waals surface area contributed by atoms with Gasteiger partial charge in [-0.15, -0.1) is 0 Å². The molecule has 0 rings (SSSR count). The average Bonchev–Trinajstić information content (AvgIpc) is 2.14. The summed E-state index contributed by atoms with van der Waals surface area (Å²) in [4.78, 5) is 11.2. The van der Waals surface area contributed by atoms with Gasteiger partial charge in [0.05, 0.1) is 0 Å². The van der Waals surface area contributed by atoms with Crippen LogP contribution >= 0.6 is 12.6 Å². The smallest absolute Gasteiger partial charge is 0.132 e. The molecule has 0 saturated carbocycles. The van der Waals surface area contributed by atoms with Crippen molar-refractivity contribution in [1.82, 2.24) is 0 Å². The monoisotopic (exact) mass is 201 g/mol. The fourth-order valence-corrected chi connectivity index (χ4v) is 1.41. The molecule has 0 aromatic heterocycles. The molecule has 0 fully saturated rings. The van der Waals surface area contributed by atoms with Crippen LogP contribution in [-0.2, 0) is 4.79 Å². The fourth-order valence-electron chi connectivity index (χ4n) is 1.28. The predicted octanol–water partition coefficient (Wildman–Crippen LogP) is 3.79. The summed E-state index contributed by atoms with van der Waals surface area (Å²) in [5, 5.41) is 0. The van der Waals surface area contributed by atoms with E-state index in [0.29, 0.717) is 12.2 Å². The number of carbonyl (C=O) groups is 1. The van der Waals surface area contributed by atoms with Gasteiger partial charge >= 0.3 is 0 Å². The molecule has 77 valence electrons. The summed E-state index contributed by atoms with van der Waals surface area (Å²) in [6.07, 6.45) is 8.40. The molecule has 1 nitrogen and oxygen atoms in total. The lowest BCUT2D eigenvalue weighted by Gasteiger charge is -1.99. The van der Waals surface area contributed by atoms with Crippen LogP contribution in [0.2, 0.25) is 0 Å². The van der Waals surface area contributed by atoms with Gasteiger partial charge in [-0.05, 0) is 12.8 Å². The Bertz CT molecular complexity index is 123. The highest BCUT2D eigenvalue weighted by Gasteiger charge is 2.00. The Morgan fingerprint density at radius 1 is 1.15 bits per heavy atom. The number of carbonyl (C=O) groups excluding carboxylic acids is 1. The SMILES string of the molecule is CCCCCCCC(=O)CC[CH]S. The van der Waals surface area contributed by atoms with Crippen LogP contribution < -0.4 is 0 Å². The first-order chi connectivity index (χ1) is 6.31. The molecule has 0 aliphatic heterocycles. The van der Waals surface area contributed by atoms with Gasteiger partial charge in [0.1, 0.15) is 5.78 Å². The highest BCUT2D eigenvalue weighted by molar-refractivity contribution is 7.82. The summed E-state index contributed by atoms with van der Waals surface area (Å²) < 4.78 is 0. The third-order valence-corrected chi connectivity index (χ3v) is 2.37. The van der Waals surface area contributed by atoms with Crippen molar-refractivity contribution in [2.45, 2.75) is 58.3 Å². The number of Topliss-reactive ketones (excluding diaryl/α,β-unsaturated/α-hetero) is 1. The second-order valence-electron chi connectivity index (χ2n) is 3.42. The van der Waals surface area contributed by atoms with E-state index in [1.807, 2.05) is 0 Å². The molecule has 0 spiro atoms. The lowest BCUT2D eigenvalue weighted by Crippen LogP contribution is -1.96. The number of thiol groups is 1. The molecule has 13 heavy (non-hydrogen) atoms. The summed E-state index contributed by atoms with van der Waals surface area (Å²) in [5.74, 6) is 2.15. The molecule has 0 aliphatic rings. The van der Waals surface area contributed by atoms with Crippen LogP contribution in [0.25, 0.3) is 0 Å². The van der Waals surface area contributed by atoms with Gasteiger partial charge in [0.2, 0.25) is 0 Å². The van der Waals surface area contributed by atoms with Crippen LogP contribution in [0.3, 0.4) is 0 Å². The highest BCUT2D eigenvalue weighted by Crippen LogP contribution is 2.08.